The molecule has 0 spiro atoms. The average Bonchev–Trinajstić information content (AvgIpc) is 2.37. The third-order valence-electron chi connectivity index (χ3n) is 4.75. The van der Waals surface area contributed by atoms with Gasteiger partial charge in [0, 0.05) is 19.6 Å². The van der Waals surface area contributed by atoms with E-state index in [9.17, 15) is 4.79 Å². The molecular formula is C15H28N2O. The Labute approximate surface area is 111 Å². The quantitative estimate of drug-likeness (QED) is 0.804. The van der Waals surface area contributed by atoms with Crippen LogP contribution in [0.4, 0.5) is 4.79 Å². The third-order valence-corrected chi connectivity index (χ3v) is 4.75. The molecule has 1 aliphatic carbocycles. The van der Waals surface area contributed by atoms with E-state index in [-0.39, 0.29) is 6.03 Å². The molecule has 1 saturated heterocycles. The maximum absolute atomic E-state index is 12.1. The molecule has 0 bridgehead atoms. The third kappa shape index (κ3) is 3.63. The Bertz CT molecular complexity index is 280. The van der Waals surface area contributed by atoms with Crippen molar-refractivity contribution < 1.29 is 4.79 Å². The Morgan fingerprint density at radius 1 is 1.17 bits per heavy atom. The minimum Gasteiger partial charge on any atom is -0.338 e. The topological polar surface area (TPSA) is 32.3 Å². The lowest BCUT2D eigenvalue weighted by molar-refractivity contribution is 0.163. The second kappa shape index (κ2) is 6.44. The Morgan fingerprint density at radius 3 is 2.67 bits per heavy atom. The van der Waals surface area contributed by atoms with Gasteiger partial charge in [0.1, 0.15) is 0 Å². The number of hydrogen-bond acceptors (Lipinski definition) is 1. The van der Waals surface area contributed by atoms with E-state index in [4.69, 9.17) is 0 Å². The largest absolute Gasteiger partial charge is 0.338 e. The number of piperidine rings is 1. The van der Waals surface area contributed by atoms with Crippen molar-refractivity contribution in [2.45, 2.75) is 52.4 Å². The summed E-state index contributed by atoms with van der Waals surface area (Å²) >= 11 is 0. The molecule has 0 aromatic carbocycles. The highest BCUT2D eigenvalue weighted by Crippen LogP contribution is 2.28. The second-order valence-electron chi connectivity index (χ2n) is 6.40. The lowest BCUT2D eigenvalue weighted by Gasteiger charge is -2.33. The van der Waals surface area contributed by atoms with Crippen molar-refractivity contribution in [2.24, 2.45) is 17.8 Å². The van der Waals surface area contributed by atoms with Crippen LogP contribution >= 0.6 is 0 Å². The first-order chi connectivity index (χ1) is 8.66. The summed E-state index contributed by atoms with van der Waals surface area (Å²) in [6.07, 6.45) is 7.76. The van der Waals surface area contributed by atoms with Crippen molar-refractivity contribution >= 4 is 6.03 Å². The van der Waals surface area contributed by atoms with Crippen molar-refractivity contribution in [1.29, 1.82) is 0 Å². The van der Waals surface area contributed by atoms with Gasteiger partial charge >= 0.3 is 6.03 Å². The molecule has 3 heteroatoms. The highest BCUT2D eigenvalue weighted by molar-refractivity contribution is 5.74. The van der Waals surface area contributed by atoms with Gasteiger partial charge in [-0.25, -0.2) is 4.79 Å². The molecule has 1 saturated carbocycles. The average molecular weight is 252 g/mol. The van der Waals surface area contributed by atoms with E-state index in [0.29, 0.717) is 11.8 Å². The van der Waals surface area contributed by atoms with Crippen molar-refractivity contribution in [3.05, 3.63) is 0 Å². The monoisotopic (exact) mass is 252 g/mol. The number of nitrogens with zero attached hydrogens (tertiary/aromatic N) is 1. The lowest BCUT2D eigenvalue weighted by Crippen LogP contribution is -2.46. The molecule has 0 radical (unpaired) electrons. The number of nitrogens with one attached hydrogen (secondary N) is 1. The van der Waals surface area contributed by atoms with Gasteiger partial charge in [-0.15, -0.1) is 0 Å². The van der Waals surface area contributed by atoms with Crippen molar-refractivity contribution in [2.75, 3.05) is 19.6 Å². The summed E-state index contributed by atoms with van der Waals surface area (Å²) in [6.45, 7) is 7.33. The van der Waals surface area contributed by atoms with E-state index >= 15 is 0 Å². The molecule has 3 atom stereocenters. The van der Waals surface area contributed by atoms with Crippen LogP contribution < -0.4 is 5.32 Å². The maximum Gasteiger partial charge on any atom is 0.317 e. The van der Waals surface area contributed by atoms with Crippen LogP contribution in [0.3, 0.4) is 0 Å². The van der Waals surface area contributed by atoms with Crippen LogP contribution in [0.1, 0.15) is 52.4 Å². The van der Waals surface area contributed by atoms with Gasteiger partial charge < -0.3 is 10.2 Å². The van der Waals surface area contributed by atoms with E-state index in [2.05, 4.69) is 19.2 Å². The number of carbonyl (C=O) groups is 1. The van der Waals surface area contributed by atoms with Crippen LogP contribution in [0, 0.1) is 17.8 Å². The first-order valence-corrected chi connectivity index (χ1v) is 7.69. The van der Waals surface area contributed by atoms with Gasteiger partial charge in [-0.1, -0.05) is 33.1 Å². The van der Waals surface area contributed by atoms with E-state index in [0.717, 1.165) is 32.0 Å². The second-order valence-corrected chi connectivity index (χ2v) is 6.40. The van der Waals surface area contributed by atoms with Crippen LogP contribution in [0.25, 0.3) is 0 Å². The Kier molecular flexibility index (Phi) is 4.90. The van der Waals surface area contributed by atoms with Gasteiger partial charge in [0.15, 0.2) is 0 Å². The van der Waals surface area contributed by atoms with Gasteiger partial charge in [-0.2, -0.15) is 0 Å². The van der Waals surface area contributed by atoms with Gasteiger partial charge in [0.05, 0.1) is 0 Å². The molecule has 18 heavy (non-hydrogen) atoms. The van der Waals surface area contributed by atoms with Gasteiger partial charge in [-0.3, -0.25) is 0 Å². The molecule has 2 fully saturated rings. The smallest absolute Gasteiger partial charge is 0.317 e. The number of carbonyl (C=O) groups excluding carboxylic acids is 1. The van der Waals surface area contributed by atoms with E-state index in [1.54, 1.807) is 0 Å². The summed E-state index contributed by atoms with van der Waals surface area (Å²) in [5.74, 6) is 2.14. The SMILES string of the molecule is CC1CCCN(C(=O)NCC2CCCCC2C)C1. The zero-order chi connectivity index (χ0) is 13.0. The zero-order valence-corrected chi connectivity index (χ0v) is 12.0. The van der Waals surface area contributed by atoms with E-state index < -0.39 is 0 Å². The Morgan fingerprint density at radius 2 is 1.94 bits per heavy atom. The highest BCUT2D eigenvalue weighted by atomic mass is 16.2. The molecule has 0 aromatic heterocycles. The first kappa shape index (κ1) is 13.7. The first-order valence-electron chi connectivity index (χ1n) is 7.69. The summed E-state index contributed by atoms with van der Waals surface area (Å²) < 4.78 is 0. The lowest BCUT2D eigenvalue weighted by atomic mass is 9.80. The van der Waals surface area contributed by atoms with Crippen molar-refractivity contribution in [3.8, 4) is 0 Å². The molecular weight excluding hydrogens is 224 g/mol. The van der Waals surface area contributed by atoms with Crippen molar-refractivity contribution in [3.63, 3.8) is 0 Å². The summed E-state index contributed by atoms with van der Waals surface area (Å²) in [6, 6.07) is 0.166. The molecule has 0 aromatic rings. The molecule has 1 N–H and O–H groups in total. The number of amides is 2. The zero-order valence-electron chi connectivity index (χ0n) is 12.0. The fraction of sp³-hybridized carbons (Fsp3) is 0.933. The highest BCUT2D eigenvalue weighted by Gasteiger charge is 2.24. The summed E-state index contributed by atoms with van der Waals surface area (Å²) in [5.41, 5.74) is 0. The van der Waals surface area contributed by atoms with Crippen LogP contribution in [-0.2, 0) is 0 Å². The molecule has 2 amide bonds. The fourth-order valence-electron chi connectivity index (χ4n) is 3.40. The predicted octanol–water partition coefficient (Wildman–Crippen LogP) is 3.25. The Hall–Kier alpha value is -0.730. The summed E-state index contributed by atoms with van der Waals surface area (Å²) in [4.78, 5) is 14.1. The number of likely N-dealkylation sites (tertiary alicyclic amines) is 1. The van der Waals surface area contributed by atoms with Crippen LogP contribution in [-0.4, -0.2) is 30.6 Å². The van der Waals surface area contributed by atoms with Crippen LogP contribution in [0.5, 0.6) is 0 Å². The number of hydrogen-bond donors (Lipinski definition) is 1. The fourth-order valence-corrected chi connectivity index (χ4v) is 3.40. The maximum atomic E-state index is 12.1. The standard InChI is InChI=1S/C15H28N2O/c1-12-6-5-9-17(11-12)15(18)16-10-14-8-4-3-7-13(14)2/h12-14H,3-11H2,1-2H3,(H,16,18). The van der Waals surface area contributed by atoms with Gasteiger partial charge in [-0.05, 0) is 37.0 Å². The summed E-state index contributed by atoms with van der Waals surface area (Å²) in [5, 5.41) is 3.16. The van der Waals surface area contributed by atoms with Gasteiger partial charge in [0.25, 0.3) is 0 Å². The molecule has 1 heterocycles. The molecule has 3 nitrogen and oxygen atoms in total. The molecule has 1 aliphatic heterocycles. The van der Waals surface area contributed by atoms with E-state index in [1.165, 1.54) is 32.1 Å². The number of urea groups is 1. The minimum absolute atomic E-state index is 0.166. The van der Waals surface area contributed by atoms with Gasteiger partial charge in [0.2, 0.25) is 0 Å². The molecule has 104 valence electrons. The number of rotatable bonds is 2. The Balaban J connectivity index is 1.73. The molecule has 2 rings (SSSR count). The predicted molar refractivity (Wildman–Crippen MR) is 74.5 cm³/mol. The normalized spacial score (nSPS) is 33.2. The van der Waals surface area contributed by atoms with Crippen molar-refractivity contribution in [1.82, 2.24) is 10.2 Å². The van der Waals surface area contributed by atoms with Crippen LogP contribution in [0.15, 0.2) is 0 Å². The van der Waals surface area contributed by atoms with E-state index in [1.807, 2.05) is 4.90 Å². The minimum atomic E-state index is 0.166. The summed E-state index contributed by atoms with van der Waals surface area (Å²) in [7, 11) is 0. The van der Waals surface area contributed by atoms with Crippen LogP contribution in [0.2, 0.25) is 0 Å². The molecule has 2 aliphatic rings. The molecule has 3 unspecified atom stereocenters.